The van der Waals surface area contributed by atoms with E-state index in [1.165, 1.54) is 12.1 Å². The van der Waals surface area contributed by atoms with Gasteiger partial charge in [0, 0.05) is 22.5 Å². The number of nitrogens with one attached hydrogen (secondary N) is 1. The van der Waals surface area contributed by atoms with Gasteiger partial charge in [0.1, 0.15) is 10.6 Å². The van der Waals surface area contributed by atoms with Crippen LogP contribution in [-0.2, 0) is 10.1 Å². The van der Waals surface area contributed by atoms with Crippen LogP contribution in [0.25, 0.3) is 10.8 Å². The van der Waals surface area contributed by atoms with Gasteiger partial charge in [-0.05, 0) is 24.6 Å². The largest absolute Gasteiger partial charge is 0.507 e. The Hall–Kier alpha value is -3.10. The summed E-state index contributed by atoms with van der Waals surface area (Å²) in [6.45, 7) is 1.82. The first-order valence-corrected chi connectivity index (χ1v) is 9.02. The highest BCUT2D eigenvalue weighted by Gasteiger charge is 2.23. The molecule has 7 nitrogen and oxygen atoms in total. The summed E-state index contributed by atoms with van der Waals surface area (Å²) in [5, 5.41) is 13.1. The molecule has 0 unspecified atom stereocenters. The standard InChI is InChI=1S/C18H16N2O5S/c1-10-6-7-13(14(19)8-10)18(22)20-17-12-5-3-2-4-11(12)15(21)9-16(17)26(23,24)25/h2-9,21H,19H2,1H3,(H,20,22)(H,23,24,25). The van der Waals surface area contributed by atoms with Gasteiger partial charge in [0.15, 0.2) is 0 Å². The molecule has 0 radical (unpaired) electrons. The molecule has 0 aliphatic carbocycles. The number of aromatic hydroxyl groups is 1. The van der Waals surface area contributed by atoms with Gasteiger partial charge in [-0.25, -0.2) is 0 Å². The first kappa shape index (κ1) is 17.7. The number of hydrogen-bond donors (Lipinski definition) is 4. The predicted molar refractivity (Wildman–Crippen MR) is 99.0 cm³/mol. The number of amides is 1. The van der Waals surface area contributed by atoms with Crippen molar-refractivity contribution in [3.05, 3.63) is 59.7 Å². The Kier molecular flexibility index (Phi) is 4.31. The number of nitrogen functional groups attached to an aromatic ring is 1. The molecule has 0 aromatic heterocycles. The highest BCUT2D eigenvalue weighted by molar-refractivity contribution is 7.86. The molecule has 0 aliphatic heterocycles. The van der Waals surface area contributed by atoms with Crippen LogP contribution in [0.1, 0.15) is 15.9 Å². The Balaban J connectivity index is 2.20. The van der Waals surface area contributed by atoms with E-state index in [1.54, 1.807) is 30.3 Å². The summed E-state index contributed by atoms with van der Waals surface area (Å²) in [6.07, 6.45) is 0. The number of fused-ring (bicyclic) bond motifs is 1. The lowest BCUT2D eigenvalue weighted by Gasteiger charge is -2.15. The number of benzene rings is 3. The summed E-state index contributed by atoms with van der Waals surface area (Å²) in [6, 6.07) is 12.1. The zero-order valence-corrected chi connectivity index (χ0v) is 14.5. The molecule has 0 fully saturated rings. The number of carbonyl (C=O) groups is 1. The monoisotopic (exact) mass is 372 g/mol. The van der Waals surface area contributed by atoms with Gasteiger partial charge in [0.2, 0.25) is 0 Å². The van der Waals surface area contributed by atoms with Crippen molar-refractivity contribution in [1.82, 2.24) is 0 Å². The van der Waals surface area contributed by atoms with Gasteiger partial charge in [0.05, 0.1) is 11.3 Å². The van der Waals surface area contributed by atoms with E-state index in [9.17, 15) is 22.9 Å². The van der Waals surface area contributed by atoms with Crippen molar-refractivity contribution in [2.75, 3.05) is 11.1 Å². The van der Waals surface area contributed by atoms with E-state index >= 15 is 0 Å². The highest BCUT2D eigenvalue weighted by atomic mass is 32.2. The molecule has 8 heteroatoms. The van der Waals surface area contributed by atoms with E-state index < -0.39 is 20.9 Å². The molecule has 26 heavy (non-hydrogen) atoms. The lowest BCUT2D eigenvalue weighted by molar-refractivity contribution is 0.102. The van der Waals surface area contributed by atoms with Crippen LogP contribution in [-0.4, -0.2) is 24.0 Å². The van der Waals surface area contributed by atoms with Gasteiger partial charge in [-0.1, -0.05) is 30.3 Å². The van der Waals surface area contributed by atoms with Crippen LogP contribution >= 0.6 is 0 Å². The summed E-state index contributed by atoms with van der Waals surface area (Å²) in [5.41, 5.74) is 7.00. The molecule has 0 bridgehead atoms. The lowest BCUT2D eigenvalue weighted by atomic mass is 10.1. The van der Waals surface area contributed by atoms with Gasteiger partial charge in [-0.3, -0.25) is 9.35 Å². The number of rotatable bonds is 3. The molecule has 3 rings (SSSR count). The molecule has 0 aliphatic rings. The van der Waals surface area contributed by atoms with Crippen molar-refractivity contribution in [2.24, 2.45) is 0 Å². The van der Waals surface area contributed by atoms with Crippen molar-refractivity contribution in [3.63, 3.8) is 0 Å². The number of carbonyl (C=O) groups excluding carboxylic acids is 1. The Morgan fingerprint density at radius 3 is 2.35 bits per heavy atom. The Bertz CT molecular complexity index is 1140. The molecule has 3 aromatic rings. The number of nitrogens with two attached hydrogens (primary N) is 1. The zero-order chi connectivity index (χ0) is 19.1. The highest BCUT2D eigenvalue weighted by Crippen LogP contribution is 2.37. The SMILES string of the molecule is Cc1ccc(C(=O)Nc2c(S(=O)(=O)O)cc(O)c3ccccc23)c(N)c1. The van der Waals surface area contributed by atoms with E-state index in [0.29, 0.717) is 5.39 Å². The third-order valence-corrected chi connectivity index (χ3v) is 4.83. The molecular weight excluding hydrogens is 356 g/mol. The fourth-order valence-corrected chi connectivity index (χ4v) is 3.41. The predicted octanol–water partition coefficient (Wildman–Crippen LogP) is 2.94. The maximum atomic E-state index is 12.6. The third kappa shape index (κ3) is 3.19. The minimum atomic E-state index is -4.70. The van der Waals surface area contributed by atoms with Crippen LogP contribution in [0.15, 0.2) is 53.4 Å². The van der Waals surface area contributed by atoms with Crippen LogP contribution < -0.4 is 11.1 Å². The van der Waals surface area contributed by atoms with Crippen molar-refractivity contribution >= 4 is 38.2 Å². The average molecular weight is 372 g/mol. The van der Waals surface area contributed by atoms with Crippen molar-refractivity contribution in [1.29, 1.82) is 0 Å². The smallest absolute Gasteiger partial charge is 0.296 e. The van der Waals surface area contributed by atoms with Gasteiger partial charge in [-0.2, -0.15) is 8.42 Å². The Morgan fingerprint density at radius 1 is 1.08 bits per heavy atom. The third-order valence-electron chi connectivity index (χ3n) is 3.95. The number of anilines is 2. The molecule has 134 valence electrons. The summed E-state index contributed by atoms with van der Waals surface area (Å²) in [7, 11) is -4.70. The Morgan fingerprint density at radius 2 is 1.73 bits per heavy atom. The zero-order valence-electron chi connectivity index (χ0n) is 13.7. The fraction of sp³-hybridized carbons (Fsp3) is 0.0556. The number of phenolic OH excluding ortho intramolecular Hbond substituents is 1. The lowest BCUT2D eigenvalue weighted by Crippen LogP contribution is -2.16. The second-order valence-corrected chi connectivity index (χ2v) is 7.22. The van der Waals surface area contributed by atoms with E-state index in [4.69, 9.17) is 5.73 Å². The number of aryl methyl sites for hydroxylation is 1. The molecule has 0 heterocycles. The summed E-state index contributed by atoms with van der Waals surface area (Å²) < 4.78 is 33.0. The van der Waals surface area contributed by atoms with Crippen LogP contribution in [0.5, 0.6) is 5.75 Å². The van der Waals surface area contributed by atoms with Crippen LogP contribution in [0, 0.1) is 6.92 Å². The second-order valence-electron chi connectivity index (χ2n) is 5.83. The first-order chi connectivity index (χ1) is 12.2. The van der Waals surface area contributed by atoms with Crippen molar-refractivity contribution < 1.29 is 22.9 Å². The average Bonchev–Trinajstić information content (AvgIpc) is 2.56. The summed E-state index contributed by atoms with van der Waals surface area (Å²) >= 11 is 0. The maximum absolute atomic E-state index is 12.6. The summed E-state index contributed by atoms with van der Waals surface area (Å²) in [4.78, 5) is 12.0. The van der Waals surface area contributed by atoms with Crippen molar-refractivity contribution in [2.45, 2.75) is 11.8 Å². The molecule has 1 amide bonds. The quantitative estimate of drug-likeness (QED) is 0.318. The van der Waals surface area contributed by atoms with Crippen LogP contribution in [0.4, 0.5) is 11.4 Å². The van der Waals surface area contributed by atoms with E-state index in [0.717, 1.165) is 11.6 Å². The normalized spacial score (nSPS) is 11.5. The Labute approximate surface area is 149 Å². The number of hydrogen-bond acceptors (Lipinski definition) is 5. The molecule has 0 saturated carbocycles. The minimum Gasteiger partial charge on any atom is -0.507 e. The van der Waals surface area contributed by atoms with Crippen LogP contribution in [0.2, 0.25) is 0 Å². The van der Waals surface area contributed by atoms with Gasteiger partial charge >= 0.3 is 0 Å². The molecule has 3 aromatic carbocycles. The topological polar surface area (TPSA) is 130 Å². The molecule has 5 N–H and O–H groups in total. The second kappa shape index (κ2) is 6.32. The molecular formula is C18H16N2O5S. The summed E-state index contributed by atoms with van der Waals surface area (Å²) in [5.74, 6) is -0.968. The fourth-order valence-electron chi connectivity index (χ4n) is 2.73. The number of phenols is 1. The van der Waals surface area contributed by atoms with Crippen molar-refractivity contribution in [3.8, 4) is 5.75 Å². The molecule has 0 atom stereocenters. The van der Waals surface area contributed by atoms with Crippen LogP contribution in [0.3, 0.4) is 0 Å². The minimum absolute atomic E-state index is 0.133. The van der Waals surface area contributed by atoms with Gasteiger partial charge in [0.25, 0.3) is 16.0 Å². The van der Waals surface area contributed by atoms with E-state index in [1.807, 2.05) is 6.92 Å². The first-order valence-electron chi connectivity index (χ1n) is 7.58. The van der Waals surface area contributed by atoms with E-state index in [2.05, 4.69) is 5.32 Å². The molecule has 0 saturated heterocycles. The maximum Gasteiger partial charge on any atom is 0.296 e. The molecule has 0 spiro atoms. The van der Waals surface area contributed by atoms with E-state index in [-0.39, 0.29) is 28.1 Å². The van der Waals surface area contributed by atoms with Gasteiger partial charge in [-0.15, -0.1) is 0 Å². The van der Waals surface area contributed by atoms with Gasteiger partial charge < -0.3 is 16.2 Å².